The minimum atomic E-state index is 0.266. The summed E-state index contributed by atoms with van der Waals surface area (Å²) >= 11 is 0. The summed E-state index contributed by atoms with van der Waals surface area (Å²) in [6.45, 7) is 8.45. The van der Waals surface area contributed by atoms with Gasteiger partial charge in [-0.25, -0.2) is 0 Å². The normalized spacial score (nSPS) is 17.5. The van der Waals surface area contributed by atoms with Crippen LogP contribution in [0.1, 0.15) is 25.8 Å². The molecule has 0 aliphatic carbocycles. The third-order valence-corrected chi connectivity index (χ3v) is 3.67. The zero-order chi connectivity index (χ0) is 14.7. The van der Waals surface area contributed by atoms with Crippen molar-refractivity contribution in [1.29, 1.82) is 0 Å². The van der Waals surface area contributed by atoms with E-state index in [9.17, 15) is 0 Å². The summed E-state index contributed by atoms with van der Waals surface area (Å²) in [5.74, 6) is 2.23. The fourth-order valence-corrected chi connectivity index (χ4v) is 2.63. The van der Waals surface area contributed by atoms with Gasteiger partial charge in [-0.15, -0.1) is 0 Å². The average molecular weight is 278 g/mol. The summed E-state index contributed by atoms with van der Waals surface area (Å²) < 4.78 is 0. The molecule has 2 heterocycles. The van der Waals surface area contributed by atoms with E-state index in [1.807, 2.05) is 0 Å². The lowest BCUT2D eigenvalue weighted by molar-refractivity contribution is 0.360. The molecule has 20 heavy (non-hydrogen) atoms. The van der Waals surface area contributed by atoms with E-state index in [0.29, 0.717) is 11.7 Å². The van der Waals surface area contributed by atoms with Crippen LogP contribution < -0.4 is 16.4 Å². The lowest BCUT2D eigenvalue weighted by atomic mass is 10.0. The molecule has 1 aliphatic heterocycles. The number of rotatable bonds is 3. The summed E-state index contributed by atoms with van der Waals surface area (Å²) in [7, 11) is 2.15. The van der Waals surface area contributed by atoms with Crippen molar-refractivity contribution in [2.45, 2.75) is 26.7 Å². The second-order valence-electron chi connectivity index (χ2n) is 6.01. The van der Waals surface area contributed by atoms with Crippen molar-refractivity contribution in [3.63, 3.8) is 0 Å². The third-order valence-electron chi connectivity index (χ3n) is 3.67. The lowest BCUT2D eigenvalue weighted by Gasteiger charge is -2.25. The Morgan fingerprint density at radius 1 is 1.10 bits per heavy atom. The highest BCUT2D eigenvalue weighted by atomic mass is 15.3. The Morgan fingerprint density at radius 3 is 2.55 bits per heavy atom. The number of nitrogen functional groups attached to an aromatic ring is 2. The molecule has 0 unspecified atom stereocenters. The van der Waals surface area contributed by atoms with Gasteiger partial charge in [-0.05, 0) is 32.4 Å². The quantitative estimate of drug-likeness (QED) is 0.857. The Bertz CT molecular complexity index is 459. The number of nitrogens with zero attached hydrogens (tertiary/aromatic N) is 4. The van der Waals surface area contributed by atoms with Gasteiger partial charge in [0, 0.05) is 25.2 Å². The highest BCUT2D eigenvalue weighted by Gasteiger charge is 2.20. The SMILES string of the molecule is CC(C)Cc1c(N)nc(N)nc1N1CCCN(C)CC1. The topological polar surface area (TPSA) is 84.3 Å². The summed E-state index contributed by atoms with van der Waals surface area (Å²) in [4.78, 5) is 13.2. The van der Waals surface area contributed by atoms with Crippen LogP contribution in [0.4, 0.5) is 17.6 Å². The molecule has 1 aliphatic rings. The minimum absolute atomic E-state index is 0.266. The molecule has 6 heteroatoms. The first-order chi connectivity index (χ1) is 9.47. The van der Waals surface area contributed by atoms with Crippen LogP contribution in [0.2, 0.25) is 0 Å². The first-order valence-corrected chi connectivity index (χ1v) is 7.32. The molecule has 0 radical (unpaired) electrons. The van der Waals surface area contributed by atoms with Crippen molar-refractivity contribution in [2.24, 2.45) is 5.92 Å². The molecule has 1 aromatic rings. The van der Waals surface area contributed by atoms with E-state index in [-0.39, 0.29) is 5.95 Å². The summed E-state index contributed by atoms with van der Waals surface area (Å²) in [6.07, 6.45) is 2.01. The van der Waals surface area contributed by atoms with Crippen LogP contribution >= 0.6 is 0 Å². The molecule has 2 rings (SSSR count). The Labute approximate surface area is 121 Å². The van der Waals surface area contributed by atoms with Crippen LogP contribution in [0.5, 0.6) is 0 Å². The van der Waals surface area contributed by atoms with Crippen LogP contribution in [-0.4, -0.2) is 48.1 Å². The number of anilines is 3. The molecule has 0 saturated carbocycles. The van der Waals surface area contributed by atoms with Gasteiger partial charge in [0.05, 0.1) is 0 Å². The van der Waals surface area contributed by atoms with Crippen molar-refractivity contribution in [3.05, 3.63) is 5.56 Å². The van der Waals surface area contributed by atoms with Crippen molar-refractivity contribution in [2.75, 3.05) is 49.6 Å². The van der Waals surface area contributed by atoms with E-state index in [0.717, 1.165) is 50.4 Å². The standard InChI is InChI=1S/C14H26N6/c1-10(2)9-11-12(15)17-14(16)18-13(11)20-6-4-5-19(3)7-8-20/h10H,4-9H2,1-3H3,(H4,15,16,17,18). The van der Waals surface area contributed by atoms with Gasteiger partial charge in [0.15, 0.2) is 0 Å². The average Bonchev–Trinajstić information content (AvgIpc) is 2.57. The zero-order valence-corrected chi connectivity index (χ0v) is 12.8. The second kappa shape index (κ2) is 6.26. The molecule has 112 valence electrons. The smallest absolute Gasteiger partial charge is 0.223 e. The minimum Gasteiger partial charge on any atom is -0.383 e. The molecule has 1 fully saturated rings. The lowest BCUT2D eigenvalue weighted by Crippen LogP contribution is -2.31. The van der Waals surface area contributed by atoms with E-state index >= 15 is 0 Å². The predicted octanol–water partition coefficient (Wildman–Crippen LogP) is 0.981. The highest BCUT2D eigenvalue weighted by Crippen LogP contribution is 2.27. The van der Waals surface area contributed by atoms with E-state index in [1.54, 1.807) is 0 Å². The van der Waals surface area contributed by atoms with E-state index in [4.69, 9.17) is 11.5 Å². The van der Waals surface area contributed by atoms with Crippen LogP contribution in [0.3, 0.4) is 0 Å². The fraction of sp³-hybridized carbons (Fsp3) is 0.714. The Hall–Kier alpha value is -1.56. The largest absolute Gasteiger partial charge is 0.383 e. The molecule has 1 aromatic heterocycles. The highest BCUT2D eigenvalue weighted by molar-refractivity contribution is 5.60. The summed E-state index contributed by atoms with van der Waals surface area (Å²) in [5.41, 5.74) is 12.9. The van der Waals surface area contributed by atoms with E-state index < -0.39 is 0 Å². The van der Waals surface area contributed by atoms with Crippen LogP contribution in [-0.2, 0) is 6.42 Å². The molecule has 0 spiro atoms. The Balaban J connectivity index is 2.32. The molecule has 0 bridgehead atoms. The van der Waals surface area contributed by atoms with Gasteiger partial charge in [0.1, 0.15) is 11.6 Å². The maximum absolute atomic E-state index is 6.08. The third kappa shape index (κ3) is 3.50. The van der Waals surface area contributed by atoms with Gasteiger partial charge in [-0.3, -0.25) is 0 Å². The van der Waals surface area contributed by atoms with E-state index in [1.165, 1.54) is 0 Å². The predicted molar refractivity (Wildman–Crippen MR) is 83.7 cm³/mol. The van der Waals surface area contributed by atoms with Gasteiger partial charge in [0.2, 0.25) is 5.95 Å². The van der Waals surface area contributed by atoms with Gasteiger partial charge in [0.25, 0.3) is 0 Å². The summed E-state index contributed by atoms with van der Waals surface area (Å²) in [5, 5.41) is 0. The zero-order valence-electron chi connectivity index (χ0n) is 12.8. The van der Waals surface area contributed by atoms with Crippen LogP contribution in [0.25, 0.3) is 0 Å². The molecule has 1 saturated heterocycles. The maximum atomic E-state index is 6.08. The number of aromatic nitrogens is 2. The maximum Gasteiger partial charge on any atom is 0.223 e. The molecular formula is C14H26N6. The molecular weight excluding hydrogens is 252 g/mol. The monoisotopic (exact) mass is 278 g/mol. The molecule has 0 atom stereocenters. The van der Waals surface area contributed by atoms with Crippen molar-refractivity contribution in [3.8, 4) is 0 Å². The Kier molecular flexibility index (Phi) is 4.65. The number of hydrogen-bond donors (Lipinski definition) is 2. The number of nitrogens with two attached hydrogens (primary N) is 2. The molecule has 6 nitrogen and oxygen atoms in total. The molecule has 0 amide bonds. The fourth-order valence-electron chi connectivity index (χ4n) is 2.63. The summed E-state index contributed by atoms with van der Waals surface area (Å²) in [6, 6.07) is 0. The molecule has 4 N–H and O–H groups in total. The van der Waals surface area contributed by atoms with Gasteiger partial charge in [-0.1, -0.05) is 13.8 Å². The van der Waals surface area contributed by atoms with Gasteiger partial charge in [-0.2, -0.15) is 9.97 Å². The first-order valence-electron chi connectivity index (χ1n) is 7.32. The van der Waals surface area contributed by atoms with Crippen LogP contribution in [0.15, 0.2) is 0 Å². The van der Waals surface area contributed by atoms with E-state index in [2.05, 4.69) is 40.7 Å². The molecule has 0 aromatic carbocycles. The van der Waals surface area contributed by atoms with Crippen molar-refractivity contribution in [1.82, 2.24) is 14.9 Å². The second-order valence-corrected chi connectivity index (χ2v) is 6.01. The number of hydrogen-bond acceptors (Lipinski definition) is 6. The van der Waals surface area contributed by atoms with Crippen LogP contribution in [0, 0.1) is 5.92 Å². The number of likely N-dealkylation sites (N-methyl/N-ethyl adjacent to an activating group) is 1. The van der Waals surface area contributed by atoms with Crippen molar-refractivity contribution < 1.29 is 0 Å². The first kappa shape index (κ1) is 14.8. The Morgan fingerprint density at radius 2 is 1.85 bits per heavy atom. The van der Waals surface area contributed by atoms with Gasteiger partial charge >= 0.3 is 0 Å². The van der Waals surface area contributed by atoms with Gasteiger partial charge < -0.3 is 21.3 Å². The van der Waals surface area contributed by atoms with Crippen molar-refractivity contribution >= 4 is 17.6 Å².